The molecule has 11 rings (SSSR count). The number of benzene rings is 7. The van der Waals surface area contributed by atoms with Crippen LogP contribution in [0.1, 0.15) is 22.9 Å². The number of hydrogen-bond donors (Lipinski definition) is 0. The maximum atomic E-state index is 5.28. The zero-order valence-electron chi connectivity index (χ0n) is 29.1. The molecule has 4 heterocycles. The van der Waals surface area contributed by atoms with Crippen molar-refractivity contribution in [3.05, 3.63) is 204 Å². The molecule has 0 N–H and O–H groups in total. The van der Waals surface area contributed by atoms with E-state index < -0.39 is 0 Å². The van der Waals surface area contributed by atoms with Gasteiger partial charge in [-0.3, -0.25) is 4.99 Å². The van der Waals surface area contributed by atoms with Crippen LogP contribution in [0.2, 0.25) is 0 Å². The van der Waals surface area contributed by atoms with E-state index in [1.54, 1.807) is 0 Å². The molecule has 0 saturated carbocycles. The van der Waals surface area contributed by atoms with E-state index in [9.17, 15) is 0 Å². The number of para-hydroxylation sites is 3. The van der Waals surface area contributed by atoms with Crippen molar-refractivity contribution >= 4 is 75.6 Å². The minimum atomic E-state index is -0.358. The number of thiophene rings is 1. The smallest absolute Gasteiger partial charge is 0.0888 e. The number of rotatable bonds is 5. The largest absolute Gasteiger partial charge is 0.659 e. The highest BCUT2D eigenvalue weighted by Gasteiger charge is 2.19. The van der Waals surface area contributed by atoms with E-state index in [0.717, 1.165) is 55.9 Å². The van der Waals surface area contributed by atoms with E-state index >= 15 is 0 Å². The topological polar surface area (TPSA) is 44.3 Å². The minimum absolute atomic E-state index is 0.358. The third kappa shape index (κ3) is 4.97. The SMILES string of the molecule is C1=C(c2ccc(-n3c4ccccc4c4ccccc43)cc2)[N-]C(c2ccccc2)N=C1c1ccc2sc3c(-c4ccccc4)nc4ccccc4c3c2c1. The first-order valence-corrected chi connectivity index (χ1v) is 19.0. The Morgan fingerprint density at radius 1 is 0.537 bits per heavy atom. The maximum Gasteiger partial charge on any atom is 0.0888 e. The molecular formula is C49H31N4S-. The fourth-order valence-corrected chi connectivity index (χ4v) is 9.21. The average molecular weight is 708 g/mol. The summed E-state index contributed by atoms with van der Waals surface area (Å²) in [6, 6.07) is 62.3. The molecule has 1 aliphatic heterocycles. The van der Waals surface area contributed by atoms with Crippen LogP contribution in [0.5, 0.6) is 0 Å². The highest BCUT2D eigenvalue weighted by Crippen LogP contribution is 2.44. The Morgan fingerprint density at radius 2 is 1.17 bits per heavy atom. The van der Waals surface area contributed by atoms with Crippen molar-refractivity contribution in [3.63, 3.8) is 0 Å². The lowest BCUT2D eigenvalue weighted by Crippen LogP contribution is -2.09. The Balaban J connectivity index is 1.05. The van der Waals surface area contributed by atoms with Crippen LogP contribution in [0.25, 0.3) is 80.8 Å². The Labute approximate surface area is 316 Å². The van der Waals surface area contributed by atoms with Gasteiger partial charge in [-0.15, -0.1) is 17.0 Å². The molecule has 1 atom stereocenters. The van der Waals surface area contributed by atoms with Crippen molar-refractivity contribution in [2.45, 2.75) is 6.17 Å². The third-order valence-electron chi connectivity index (χ3n) is 10.5. The summed E-state index contributed by atoms with van der Waals surface area (Å²) < 4.78 is 4.78. The van der Waals surface area contributed by atoms with E-state index in [1.807, 2.05) is 17.4 Å². The minimum Gasteiger partial charge on any atom is -0.659 e. The summed E-state index contributed by atoms with van der Waals surface area (Å²) >= 11 is 1.81. The number of aliphatic imine (C=N–C) groups is 1. The van der Waals surface area contributed by atoms with Gasteiger partial charge in [0.2, 0.25) is 0 Å². The van der Waals surface area contributed by atoms with Crippen LogP contribution in [-0.2, 0) is 0 Å². The first-order chi connectivity index (χ1) is 26.8. The van der Waals surface area contributed by atoms with Gasteiger partial charge in [0.05, 0.1) is 32.7 Å². The zero-order valence-corrected chi connectivity index (χ0v) is 29.9. The molecule has 1 aliphatic rings. The predicted octanol–water partition coefficient (Wildman–Crippen LogP) is 13.3. The molecule has 0 bridgehead atoms. The molecule has 5 heteroatoms. The number of nitrogens with zero attached hydrogens (tertiary/aromatic N) is 4. The van der Waals surface area contributed by atoms with Gasteiger partial charge in [0.15, 0.2) is 0 Å². The summed E-state index contributed by atoms with van der Waals surface area (Å²) in [4.78, 5) is 10.5. The fraction of sp³-hybridized carbons (Fsp3) is 0.0204. The molecule has 254 valence electrons. The number of allylic oxidation sites excluding steroid dienone is 1. The quantitative estimate of drug-likeness (QED) is 0.176. The Morgan fingerprint density at radius 3 is 1.91 bits per heavy atom. The predicted molar refractivity (Wildman–Crippen MR) is 228 cm³/mol. The van der Waals surface area contributed by atoms with Crippen LogP contribution in [-0.4, -0.2) is 15.3 Å². The highest BCUT2D eigenvalue weighted by molar-refractivity contribution is 7.26. The summed E-state index contributed by atoms with van der Waals surface area (Å²) in [5, 5.41) is 11.4. The first-order valence-electron chi connectivity index (χ1n) is 18.2. The van der Waals surface area contributed by atoms with Gasteiger partial charge in [0.25, 0.3) is 0 Å². The monoisotopic (exact) mass is 707 g/mol. The standard InChI is InChI=1S/C49H31N4S/c1-3-13-32(14-4-1)47-48-46(38-19-7-10-20-40(38)50-47)39-29-34(25-28-45(39)54-48)42-30-41(51-49(52-42)33-15-5-2-6-16-33)31-23-26-35(27-24-31)53-43-21-11-8-17-36(43)37-18-9-12-22-44(37)53/h1-30,49H/q-1. The van der Waals surface area contributed by atoms with E-state index in [2.05, 4.69) is 181 Å². The van der Waals surface area contributed by atoms with Gasteiger partial charge in [-0.1, -0.05) is 140 Å². The van der Waals surface area contributed by atoms with Crippen LogP contribution in [0.15, 0.2) is 187 Å². The molecule has 54 heavy (non-hydrogen) atoms. The van der Waals surface area contributed by atoms with Crippen LogP contribution in [0, 0.1) is 0 Å². The summed E-state index contributed by atoms with van der Waals surface area (Å²) in [6.07, 6.45) is 1.79. The Kier molecular flexibility index (Phi) is 7.07. The van der Waals surface area contributed by atoms with Crippen molar-refractivity contribution in [2.75, 3.05) is 0 Å². The molecule has 0 amide bonds. The maximum absolute atomic E-state index is 5.28. The lowest BCUT2D eigenvalue weighted by molar-refractivity contribution is 0.879. The van der Waals surface area contributed by atoms with Crippen LogP contribution < -0.4 is 0 Å². The van der Waals surface area contributed by atoms with E-state index in [4.69, 9.17) is 15.3 Å². The van der Waals surface area contributed by atoms with E-state index in [1.165, 1.54) is 42.0 Å². The molecule has 4 nitrogen and oxygen atoms in total. The number of hydrogen-bond acceptors (Lipinski definition) is 3. The number of aromatic nitrogens is 2. The molecule has 3 aromatic heterocycles. The normalized spacial score (nSPS) is 14.5. The molecule has 10 aromatic rings. The molecule has 7 aromatic carbocycles. The first kappa shape index (κ1) is 30.8. The van der Waals surface area contributed by atoms with Gasteiger partial charge in [0.1, 0.15) is 0 Å². The summed E-state index contributed by atoms with van der Waals surface area (Å²) in [5.74, 6) is 0. The van der Waals surface area contributed by atoms with Gasteiger partial charge < -0.3 is 9.88 Å². The summed E-state index contributed by atoms with van der Waals surface area (Å²) in [7, 11) is 0. The highest BCUT2D eigenvalue weighted by atomic mass is 32.1. The van der Waals surface area contributed by atoms with Gasteiger partial charge in [0, 0.05) is 54.6 Å². The van der Waals surface area contributed by atoms with Crippen molar-refractivity contribution in [1.82, 2.24) is 9.55 Å². The molecule has 1 unspecified atom stereocenters. The Hall–Kier alpha value is -6.82. The lowest BCUT2D eigenvalue weighted by Gasteiger charge is -2.37. The fourth-order valence-electron chi connectivity index (χ4n) is 8.00. The van der Waals surface area contributed by atoms with Crippen molar-refractivity contribution in [2.24, 2.45) is 4.99 Å². The molecule has 0 radical (unpaired) electrons. The molecule has 0 saturated heterocycles. The van der Waals surface area contributed by atoms with Crippen LogP contribution in [0.3, 0.4) is 0 Å². The molecule has 0 aliphatic carbocycles. The van der Waals surface area contributed by atoms with Crippen molar-refractivity contribution in [1.29, 1.82) is 0 Å². The second kappa shape index (κ2) is 12.4. The van der Waals surface area contributed by atoms with Gasteiger partial charge in [-0.05, 0) is 53.6 Å². The van der Waals surface area contributed by atoms with Gasteiger partial charge in [-0.25, -0.2) is 4.98 Å². The zero-order chi connectivity index (χ0) is 35.6. The second-order valence-electron chi connectivity index (χ2n) is 13.7. The van der Waals surface area contributed by atoms with E-state index in [0.29, 0.717) is 0 Å². The van der Waals surface area contributed by atoms with Crippen LogP contribution in [0.4, 0.5) is 0 Å². The summed E-state index contributed by atoms with van der Waals surface area (Å²) in [6.45, 7) is 0. The number of fused-ring (bicyclic) bond motifs is 8. The van der Waals surface area contributed by atoms with Gasteiger partial charge in [-0.2, -0.15) is 0 Å². The average Bonchev–Trinajstić information content (AvgIpc) is 3.80. The van der Waals surface area contributed by atoms with Crippen LogP contribution >= 0.6 is 11.3 Å². The number of pyridine rings is 1. The van der Waals surface area contributed by atoms with Crippen molar-refractivity contribution < 1.29 is 0 Å². The molecular weight excluding hydrogens is 677 g/mol. The molecule has 0 fully saturated rings. The Bertz CT molecular complexity index is 3060. The summed E-state index contributed by atoms with van der Waals surface area (Å²) in [5.41, 5.74) is 11.7. The molecule has 0 spiro atoms. The third-order valence-corrected chi connectivity index (χ3v) is 11.7. The van der Waals surface area contributed by atoms with Gasteiger partial charge >= 0.3 is 0 Å². The second-order valence-corrected chi connectivity index (χ2v) is 14.8. The van der Waals surface area contributed by atoms with Crippen molar-refractivity contribution in [3.8, 4) is 16.9 Å². The lowest BCUT2D eigenvalue weighted by atomic mass is 9.99. The van der Waals surface area contributed by atoms with E-state index in [-0.39, 0.29) is 6.17 Å².